The first-order chi connectivity index (χ1) is 34.9. The smallest absolute Gasteiger partial charge is 0.240 e. The van der Waals surface area contributed by atoms with Gasteiger partial charge in [-0.25, -0.2) is 0 Å². The fraction of sp³-hybridized carbons (Fsp3) is 0.541. The summed E-state index contributed by atoms with van der Waals surface area (Å²) >= 11 is 0. The number of amides is 3. The van der Waals surface area contributed by atoms with Crippen molar-refractivity contribution in [1.29, 1.82) is 0 Å². The number of carbonyl (C=O) groups excluding carboxylic acids is 4. The lowest BCUT2D eigenvalue weighted by Crippen LogP contribution is -2.54. The van der Waals surface area contributed by atoms with Crippen molar-refractivity contribution in [3.05, 3.63) is 132 Å². The summed E-state index contributed by atoms with van der Waals surface area (Å²) in [5.74, 6) is 0.273. The zero-order valence-electron chi connectivity index (χ0n) is 46.7. The van der Waals surface area contributed by atoms with Gasteiger partial charge in [-0.2, -0.15) is 0 Å². The third kappa shape index (κ3) is 22.8. The van der Waals surface area contributed by atoms with Crippen LogP contribution >= 0.6 is 0 Å². The second-order valence-corrected chi connectivity index (χ2v) is 21.9. The molecule has 0 radical (unpaired) electrons. The van der Waals surface area contributed by atoms with Gasteiger partial charge in [-0.1, -0.05) is 157 Å². The Labute approximate surface area is 441 Å². The maximum Gasteiger partial charge on any atom is 0.240 e. The van der Waals surface area contributed by atoms with E-state index < -0.39 is 0 Å². The average Bonchev–Trinajstić information content (AvgIpc) is 4.03. The molecule has 3 amide bonds. The fourth-order valence-corrected chi connectivity index (χ4v) is 9.16. The molecule has 2 heterocycles. The lowest BCUT2D eigenvalue weighted by atomic mass is 9.86. The van der Waals surface area contributed by atoms with E-state index in [1.807, 2.05) is 37.9 Å². The minimum atomic E-state index is -0.209. The molecule has 5 rings (SSSR count). The molecule has 4 N–H and O–H groups in total. The normalized spacial score (nSPS) is 16.8. The van der Waals surface area contributed by atoms with Gasteiger partial charge in [-0.15, -0.1) is 0 Å². The summed E-state index contributed by atoms with van der Waals surface area (Å²) < 4.78 is 0. The Hall–Kier alpha value is -5.24. The summed E-state index contributed by atoms with van der Waals surface area (Å²) in [5, 5.41) is 11.7. The molecule has 2 aliphatic rings. The van der Waals surface area contributed by atoms with Crippen LogP contribution in [0.15, 0.2) is 115 Å². The molecule has 4 atom stereocenters. The quantitative estimate of drug-likeness (QED) is 0.0487. The van der Waals surface area contributed by atoms with E-state index in [1.54, 1.807) is 14.1 Å². The molecule has 3 unspecified atom stereocenters. The molecule has 0 spiro atoms. The van der Waals surface area contributed by atoms with Gasteiger partial charge in [0.25, 0.3) is 0 Å². The van der Waals surface area contributed by atoms with E-state index in [0.717, 1.165) is 109 Å². The van der Waals surface area contributed by atoms with Crippen LogP contribution in [0.4, 0.5) is 0 Å². The van der Waals surface area contributed by atoms with Crippen molar-refractivity contribution in [3.8, 4) is 11.1 Å². The molecular weight excluding hydrogens is 909 g/mol. The van der Waals surface area contributed by atoms with E-state index in [2.05, 4.69) is 175 Å². The van der Waals surface area contributed by atoms with Gasteiger partial charge >= 0.3 is 0 Å². The van der Waals surface area contributed by atoms with E-state index >= 15 is 0 Å². The van der Waals surface area contributed by atoms with Gasteiger partial charge in [0.15, 0.2) is 0 Å². The molecule has 12 heteroatoms. The standard InChI is InChI=1S/C49H67N5O2.C9H20N2O.C3H7NO/c1-7-8-10-15-39(2)28-32-51(37-46-19-14-31-54(46)48(56)47(50-6)49(3,4)5)34-41-20-24-43(25-21-41)44-26-22-42(23-27-44)35-52(33-29-40-16-11-9-12-17-40)36-45-18-13-30-53(45)38-55;1-7(9(2,3)4)11-8(12)6-10-5;1-4-2-3-5/h7-12,15-17,20-27,38,45-47,50H,2,13-14,18-19,28-37H2,1,3-6H3;7,10H,6H2,1-5H3,(H,11,12);3-4H,2H2,1H3/b8-7-,15-10-;;/t45-,46?,47?;;/m0../s1. The predicted molar refractivity (Wildman–Crippen MR) is 304 cm³/mol. The molecule has 2 saturated heterocycles. The highest BCUT2D eigenvalue weighted by molar-refractivity contribution is 5.83. The fourth-order valence-electron chi connectivity index (χ4n) is 9.16. The number of hydrogen-bond acceptors (Lipinski definition) is 9. The molecule has 0 bridgehead atoms. The number of nitrogens with one attached hydrogen (secondary N) is 4. The van der Waals surface area contributed by atoms with E-state index in [9.17, 15) is 19.2 Å². The van der Waals surface area contributed by atoms with Crippen LogP contribution in [-0.4, -0.2) is 142 Å². The Morgan fingerprint density at radius 1 is 0.740 bits per heavy atom. The van der Waals surface area contributed by atoms with Crippen molar-refractivity contribution in [3.63, 3.8) is 0 Å². The highest BCUT2D eigenvalue weighted by Crippen LogP contribution is 2.28. The van der Waals surface area contributed by atoms with Crippen LogP contribution in [-0.2, 0) is 38.7 Å². The monoisotopic (exact) mass is 1000 g/mol. The minimum absolute atomic E-state index is 0.0555. The van der Waals surface area contributed by atoms with E-state index in [4.69, 9.17) is 0 Å². The van der Waals surface area contributed by atoms with Gasteiger partial charge in [-0.05, 0) is 112 Å². The van der Waals surface area contributed by atoms with Crippen LogP contribution < -0.4 is 21.3 Å². The minimum Gasteiger partial charge on any atom is -0.352 e. The van der Waals surface area contributed by atoms with Gasteiger partial charge < -0.3 is 35.9 Å². The predicted octanol–water partition coefficient (Wildman–Crippen LogP) is 8.69. The molecule has 2 aliphatic heterocycles. The maximum atomic E-state index is 13.8. The molecule has 73 heavy (non-hydrogen) atoms. The summed E-state index contributed by atoms with van der Waals surface area (Å²) in [6, 6.07) is 29.2. The number of aldehydes is 1. The summed E-state index contributed by atoms with van der Waals surface area (Å²) in [4.78, 5) is 55.2. The Kier molecular flexibility index (Phi) is 27.9. The molecule has 0 aromatic heterocycles. The largest absolute Gasteiger partial charge is 0.352 e. The zero-order valence-corrected chi connectivity index (χ0v) is 46.7. The summed E-state index contributed by atoms with van der Waals surface area (Å²) in [7, 11) is 5.40. The number of carbonyl (C=O) groups is 4. The van der Waals surface area contributed by atoms with Crippen LogP contribution in [0.3, 0.4) is 0 Å². The maximum absolute atomic E-state index is 13.8. The highest BCUT2D eigenvalue weighted by Gasteiger charge is 2.38. The van der Waals surface area contributed by atoms with Gasteiger partial charge in [0.05, 0.1) is 19.1 Å². The first-order valence-corrected chi connectivity index (χ1v) is 26.7. The first kappa shape index (κ1) is 62.1. The second-order valence-electron chi connectivity index (χ2n) is 21.9. The van der Waals surface area contributed by atoms with Crippen molar-refractivity contribution < 1.29 is 19.2 Å². The third-order valence-corrected chi connectivity index (χ3v) is 13.9. The van der Waals surface area contributed by atoms with E-state index in [0.29, 0.717) is 13.1 Å². The van der Waals surface area contributed by atoms with Crippen molar-refractivity contribution in [2.75, 3.05) is 73.5 Å². The van der Waals surface area contributed by atoms with Crippen LogP contribution in [0.2, 0.25) is 0 Å². The van der Waals surface area contributed by atoms with Gasteiger partial charge in [0.2, 0.25) is 18.2 Å². The number of likely N-dealkylation sites (N-methyl/N-ethyl adjacent to an activating group) is 3. The second kappa shape index (κ2) is 32.8. The van der Waals surface area contributed by atoms with Crippen LogP contribution in [0.1, 0.15) is 104 Å². The Morgan fingerprint density at radius 2 is 1.32 bits per heavy atom. The highest BCUT2D eigenvalue weighted by atomic mass is 16.2. The summed E-state index contributed by atoms with van der Waals surface area (Å²) in [5.41, 5.74) is 7.39. The number of likely N-dealkylation sites (tertiary alicyclic amines) is 2. The van der Waals surface area contributed by atoms with Crippen LogP contribution in [0.25, 0.3) is 11.1 Å². The molecule has 2 fully saturated rings. The lowest BCUT2D eigenvalue weighted by molar-refractivity contribution is -0.137. The zero-order chi connectivity index (χ0) is 53.8. The summed E-state index contributed by atoms with van der Waals surface area (Å²) in [6.45, 7) is 28.9. The number of benzene rings is 3. The van der Waals surface area contributed by atoms with Gasteiger partial charge in [-0.3, -0.25) is 24.2 Å². The topological polar surface area (TPSA) is 129 Å². The van der Waals surface area contributed by atoms with Crippen molar-refractivity contribution in [2.45, 2.75) is 131 Å². The molecule has 402 valence electrons. The molecular formula is C61H94N8O4. The lowest BCUT2D eigenvalue weighted by Gasteiger charge is -2.37. The average molecular weight is 1000 g/mol. The van der Waals surface area contributed by atoms with E-state index in [-0.39, 0.29) is 46.8 Å². The van der Waals surface area contributed by atoms with Crippen LogP contribution in [0.5, 0.6) is 0 Å². The molecule has 3 aromatic carbocycles. The Bertz CT molecular complexity index is 2130. The number of nitrogens with zero attached hydrogens (tertiary/aromatic N) is 4. The molecule has 3 aromatic rings. The van der Waals surface area contributed by atoms with Gasteiger partial charge in [0, 0.05) is 70.5 Å². The molecule has 0 saturated carbocycles. The molecule has 0 aliphatic carbocycles. The van der Waals surface area contributed by atoms with Crippen LogP contribution in [0, 0.1) is 10.8 Å². The van der Waals surface area contributed by atoms with Crippen molar-refractivity contribution >= 4 is 24.5 Å². The number of allylic oxidation sites excluding steroid dienone is 4. The molecule has 12 nitrogen and oxygen atoms in total. The third-order valence-electron chi connectivity index (χ3n) is 13.9. The summed E-state index contributed by atoms with van der Waals surface area (Å²) in [6.07, 6.45) is 16.2. The van der Waals surface area contributed by atoms with Crippen molar-refractivity contribution in [1.82, 2.24) is 40.9 Å². The van der Waals surface area contributed by atoms with Gasteiger partial charge in [0.1, 0.15) is 6.29 Å². The van der Waals surface area contributed by atoms with E-state index in [1.165, 1.54) is 27.8 Å². The SMILES string of the molecule is C=C(/C=C\C=C/C)CCN(Cc1ccc(-c2ccc(CN(CCc3ccccc3)C[C@@H]3CCCN3C=O)cc2)cc1)CC1CCCN1C(=O)C(NC)C(C)(C)C.CNCC(=O)NC(C)C(C)(C)C.CNCC=O. The van der Waals surface area contributed by atoms with Crippen molar-refractivity contribution in [2.24, 2.45) is 10.8 Å². The number of rotatable bonds is 25. The number of hydrogen-bond donors (Lipinski definition) is 4. The Morgan fingerprint density at radius 3 is 1.82 bits per heavy atom. The Balaban J connectivity index is 0.000000707. The first-order valence-electron chi connectivity index (χ1n) is 26.7.